The van der Waals surface area contributed by atoms with E-state index in [2.05, 4.69) is 0 Å². The van der Waals surface area contributed by atoms with Gasteiger partial charge < -0.3 is 14.3 Å². The van der Waals surface area contributed by atoms with Gasteiger partial charge in [0.05, 0.1) is 7.11 Å². The molecule has 0 aliphatic rings. The van der Waals surface area contributed by atoms with Gasteiger partial charge in [-0.2, -0.15) is 0 Å². The summed E-state index contributed by atoms with van der Waals surface area (Å²) in [4.78, 5) is 11.0. The molecule has 2 rings (SSSR count). The summed E-state index contributed by atoms with van der Waals surface area (Å²) in [6.45, 7) is 2.08. The predicted octanol–water partition coefficient (Wildman–Crippen LogP) is 3.80. The minimum Gasteiger partial charge on any atom is -0.496 e. The summed E-state index contributed by atoms with van der Waals surface area (Å²) < 4.78 is 11.1. The zero-order valence-corrected chi connectivity index (χ0v) is 12.5. The molecule has 0 saturated heterocycles. The Kier molecular flexibility index (Phi) is 5.38. The Labute approximate surface area is 125 Å². The maximum absolute atomic E-state index is 11.0. The highest BCUT2D eigenvalue weighted by atomic mass is 16.5. The first-order valence-corrected chi connectivity index (χ1v) is 7.02. The molecule has 21 heavy (non-hydrogen) atoms. The van der Waals surface area contributed by atoms with Gasteiger partial charge in [-0.25, -0.2) is 0 Å². The van der Waals surface area contributed by atoms with E-state index in [4.69, 9.17) is 9.47 Å². The highest BCUT2D eigenvalue weighted by Gasteiger charge is 2.03. The van der Waals surface area contributed by atoms with Crippen LogP contribution in [0.15, 0.2) is 48.5 Å². The molecule has 0 saturated carbocycles. The highest BCUT2D eigenvalue weighted by Crippen LogP contribution is 2.20. The van der Waals surface area contributed by atoms with Gasteiger partial charge in [-0.15, -0.1) is 0 Å². The summed E-state index contributed by atoms with van der Waals surface area (Å²) in [7, 11) is 1.66. The number of Topliss-reactive ketones (excluding diaryl/α,β-unsaturated/α-hetero) is 1. The fraction of sp³-hybridized carbons (Fsp3) is 0.278. The van der Waals surface area contributed by atoms with Crippen LogP contribution in [0.5, 0.6) is 11.5 Å². The van der Waals surface area contributed by atoms with E-state index in [1.807, 2.05) is 48.5 Å². The van der Waals surface area contributed by atoms with Crippen LogP contribution in [-0.4, -0.2) is 12.9 Å². The molecule has 0 N–H and O–H groups in total. The third-order valence-electron chi connectivity index (χ3n) is 3.28. The van der Waals surface area contributed by atoms with E-state index >= 15 is 0 Å². The van der Waals surface area contributed by atoms with E-state index < -0.39 is 0 Å². The SMILES string of the molecule is COc1ccccc1COc1ccc(CCC(C)=O)cc1. The zero-order chi connectivity index (χ0) is 15.1. The number of carbonyl (C=O) groups is 1. The predicted molar refractivity (Wildman–Crippen MR) is 82.8 cm³/mol. The third-order valence-corrected chi connectivity index (χ3v) is 3.28. The van der Waals surface area contributed by atoms with Crippen molar-refractivity contribution in [3.8, 4) is 11.5 Å². The number of para-hydroxylation sites is 1. The number of hydrogen-bond acceptors (Lipinski definition) is 3. The topological polar surface area (TPSA) is 35.5 Å². The van der Waals surface area contributed by atoms with Crippen molar-refractivity contribution in [3.63, 3.8) is 0 Å². The Morgan fingerprint density at radius 3 is 2.43 bits per heavy atom. The second kappa shape index (κ2) is 7.48. The quantitative estimate of drug-likeness (QED) is 0.776. The van der Waals surface area contributed by atoms with E-state index in [0.29, 0.717) is 13.0 Å². The van der Waals surface area contributed by atoms with Gasteiger partial charge in [0.25, 0.3) is 0 Å². The Morgan fingerprint density at radius 1 is 1.05 bits per heavy atom. The first-order valence-electron chi connectivity index (χ1n) is 7.02. The van der Waals surface area contributed by atoms with Crippen LogP contribution in [0.25, 0.3) is 0 Å². The van der Waals surface area contributed by atoms with Gasteiger partial charge in [-0.05, 0) is 37.1 Å². The average molecular weight is 284 g/mol. The Hall–Kier alpha value is -2.29. The summed E-state index contributed by atoms with van der Waals surface area (Å²) in [6.07, 6.45) is 1.36. The summed E-state index contributed by atoms with van der Waals surface area (Å²) in [5, 5.41) is 0. The number of ketones is 1. The van der Waals surface area contributed by atoms with Gasteiger partial charge in [0.15, 0.2) is 0 Å². The molecule has 0 atom stereocenters. The van der Waals surface area contributed by atoms with Crippen LogP contribution in [0.2, 0.25) is 0 Å². The lowest BCUT2D eigenvalue weighted by atomic mass is 10.1. The molecule has 2 aromatic rings. The second-order valence-corrected chi connectivity index (χ2v) is 4.95. The van der Waals surface area contributed by atoms with E-state index in [1.165, 1.54) is 0 Å². The molecule has 0 bridgehead atoms. The zero-order valence-electron chi connectivity index (χ0n) is 12.5. The van der Waals surface area contributed by atoms with E-state index in [1.54, 1.807) is 14.0 Å². The Bertz CT molecular complexity index is 588. The van der Waals surface area contributed by atoms with Crippen LogP contribution >= 0.6 is 0 Å². The van der Waals surface area contributed by atoms with Crippen LogP contribution in [0, 0.1) is 0 Å². The molecule has 0 aliphatic carbocycles. The van der Waals surface area contributed by atoms with Gasteiger partial charge in [0.1, 0.15) is 23.9 Å². The Balaban J connectivity index is 1.93. The maximum Gasteiger partial charge on any atom is 0.130 e. The summed E-state index contributed by atoms with van der Waals surface area (Å²) >= 11 is 0. The van der Waals surface area contributed by atoms with Crippen molar-refractivity contribution in [2.24, 2.45) is 0 Å². The second-order valence-electron chi connectivity index (χ2n) is 4.95. The molecular weight excluding hydrogens is 264 g/mol. The van der Waals surface area contributed by atoms with Crippen LogP contribution < -0.4 is 9.47 Å². The van der Waals surface area contributed by atoms with E-state index in [9.17, 15) is 4.79 Å². The van der Waals surface area contributed by atoms with Crippen molar-refractivity contribution in [1.29, 1.82) is 0 Å². The monoisotopic (exact) mass is 284 g/mol. The summed E-state index contributed by atoms with van der Waals surface area (Å²) in [6, 6.07) is 15.7. The summed E-state index contributed by atoms with van der Waals surface area (Å²) in [5.41, 5.74) is 2.16. The fourth-order valence-electron chi connectivity index (χ4n) is 2.06. The van der Waals surface area contributed by atoms with Crippen molar-refractivity contribution in [2.45, 2.75) is 26.4 Å². The van der Waals surface area contributed by atoms with Gasteiger partial charge in [-0.3, -0.25) is 0 Å². The fourth-order valence-corrected chi connectivity index (χ4v) is 2.06. The number of aryl methyl sites for hydroxylation is 1. The number of ether oxygens (including phenoxy) is 2. The molecule has 0 amide bonds. The van der Waals surface area contributed by atoms with Crippen LogP contribution in [-0.2, 0) is 17.8 Å². The summed E-state index contributed by atoms with van der Waals surface area (Å²) in [5.74, 6) is 1.86. The molecule has 0 fully saturated rings. The number of rotatable bonds is 7. The van der Waals surface area contributed by atoms with Crippen LogP contribution in [0.1, 0.15) is 24.5 Å². The number of hydrogen-bond donors (Lipinski definition) is 0. The van der Waals surface area contributed by atoms with Gasteiger partial charge in [0, 0.05) is 12.0 Å². The largest absolute Gasteiger partial charge is 0.496 e. The van der Waals surface area contributed by atoms with Crippen molar-refractivity contribution in [3.05, 3.63) is 59.7 Å². The number of methoxy groups -OCH3 is 1. The molecule has 0 radical (unpaired) electrons. The highest BCUT2D eigenvalue weighted by molar-refractivity contribution is 5.75. The lowest BCUT2D eigenvalue weighted by Crippen LogP contribution is -1.99. The van der Waals surface area contributed by atoms with Gasteiger partial charge >= 0.3 is 0 Å². The standard InChI is InChI=1S/C18H20O3/c1-14(19)7-8-15-9-11-17(12-10-15)21-13-16-5-3-4-6-18(16)20-2/h3-6,9-12H,7-8,13H2,1-2H3. The third kappa shape index (κ3) is 4.63. The minimum atomic E-state index is 0.214. The maximum atomic E-state index is 11.0. The molecule has 2 aromatic carbocycles. The first-order chi connectivity index (χ1) is 10.2. The van der Waals surface area contributed by atoms with E-state index in [-0.39, 0.29) is 5.78 Å². The molecule has 0 aromatic heterocycles. The van der Waals surface area contributed by atoms with Crippen molar-refractivity contribution in [2.75, 3.05) is 7.11 Å². The molecule has 0 unspecified atom stereocenters. The van der Waals surface area contributed by atoms with Crippen molar-refractivity contribution < 1.29 is 14.3 Å². The van der Waals surface area contributed by atoms with Crippen LogP contribution in [0.3, 0.4) is 0 Å². The Morgan fingerprint density at radius 2 is 1.76 bits per heavy atom. The molecule has 0 heterocycles. The van der Waals surface area contributed by atoms with Crippen LogP contribution in [0.4, 0.5) is 0 Å². The molecular formula is C18H20O3. The smallest absolute Gasteiger partial charge is 0.130 e. The van der Waals surface area contributed by atoms with Gasteiger partial charge in [-0.1, -0.05) is 30.3 Å². The molecule has 3 heteroatoms. The molecule has 110 valence electrons. The van der Waals surface area contributed by atoms with E-state index in [0.717, 1.165) is 29.0 Å². The van der Waals surface area contributed by atoms with Gasteiger partial charge in [0.2, 0.25) is 0 Å². The normalized spacial score (nSPS) is 10.2. The van der Waals surface area contributed by atoms with Crippen molar-refractivity contribution in [1.82, 2.24) is 0 Å². The minimum absolute atomic E-state index is 0.214. The molecule has 3 nitrogen and oxygen atoms in total. The molecule has 0 aliphatic heterocycles. The van der Waals surface area contributed by atoms with Crippen molar-refractivity contribution >= 4 is 5.78 Å². The first kappa shape index (κ1) is 15.1. The molecule has 0 spiro atoms. The number of carbonyl (C=O) groups excluding carboxylic acids is 1. The lowest BCUT2D eigenvalue weighted by molar-refractivity contribution is -0.116. The average Bonchev–Trinajstić information content (AvgIpc) is 2.52. The lowest BCUT2D eigenvalue weighted by Gasteiger charge is -2.10. The number of benzene rings is 2.